The fourth-order valence-electron chi connectivity index (χ4n) is 1.29. The summed E-state index contributed by atoms with van der Waals surface area (Å²) in [4.78, 5) is 5.02. The lowest BCUT2D eigenvalue weighted by atomic mass is 10.3. The van der Waals surface area contributed by atoms with Crippen molar-refractivity contribution in [3.8, 4) is 5.75 Å². The Hall–Kier alpha value is -0.870. The van der Waals surface area contributed by atoms with Gasteiger partial charge in [0.05, 0.1) is 13.2 Å². The molecule has 0 aliphatic heterocycles. The molecule has 0 atom stereocenters. The molecule has 0 heterocycles. The Kier molecular flexibility index (Phi) is 8.54. The first-order valence-electron chi connectivity index (χ1n) is 7.00. The fraction of sp³-hybridized carbons (Fsp3) is 0.571. The van der Waals surface area contributed by atoms with Crippen molar-refractivity contribution in [1.29, 1.82) is 0 Å². The van der Waals surface area contributed by atoms with Crippen LogP contribution in [0.4, 0.5) is 0 Å². The predicted octanol–water partition coefficient (Wildman–Crippen LogP) is 4.74. The smallest absolute Gasteiger partial charge is 0.327 e. The van der Waals surface area contributed by atoms with Crippen LogP contribution >= 0.6 is 7.82 Å². The molecule has 1 aromatic carbocycles. The zero-order valence-corrected chi connectivity index (χ0v) is 13.0. The van der Waals surface area contributed by atoms with Crippen molar-refractivity contribution in [2.75, 3.05) is 13.2 Å². The topological polar surface area (TPSA) is 54.0 Å². The average molecular weight is 302 g/mol. The molecule has 6 heteroatoms. The van der Waals surface area contributed by atoms with Crippen molar-refractivity contribution in [2.24, 2.45) is 0 Å². The zero-order valence-electron chi connectivity index (χ0n) is 12.1. The van der Waals surface area contributed by atoms with Crippen LogP contribution in [0.5, 0.6) is 5.75 Å². The van der Waals surface area contributed by atoms with Crippen molar-refractivity contribution in [3.63, 3.8) is 0 Å². The number of hydrogen-bond acceptors (Lipinski definition) is 5. The number of benzene rings is 1. The number of unbranched alkanes of at least 4 members (excludes halogenated alkanes) is 2. The maximum Gasteiger partial charge on any atom is 0.511 e. The molecule has 0 N–H and O–H groups in total. The van der Waals surface area contributed by atoms with Gasteiger partial charge in [-0.1, -0.05) is 49.6 Å². The lowest BCUT2D eigenvalue weighted by Gasteiger charge is -2.16. The number of rotatable bonds is 11. The van der Waals surface area contributed by atoms with E-state index in [1.807, 2.05) is 19.9 Å². The molecule has 0 unspecified atom stereocenters. The van der Waals surface area contributed by atoms with Crippen LogP contribution in [-0.2, 0) is 18.3 Å². The minimum Gasteiger partial charge on any atom is -0.327 e. The Morgan fingerprint density at radius 3 is 2.00 bits per heavy atom. The van der Waals surface area contributed by atoms with Gasteiger partial charge in [-0.05, 0) is 25.0 Å². The van der Waals surface area contributed by atoms with Crippen molar-refractivity contribution >= 4 is 7.82 Å². The number of hydrogen-bond donors (Lipinski definition) is 0. The minimum atomic E-state index is -3.67. The highest BCUT2D eigenvalue weighted by atomic mass is 31.2. The standard InChI is InChI=1S/C14H23O5P/c1-3-5-12-16-20(15,17-13-6-4-2)19-18-14-10-8-7-9-11-14/h7-11H,3-6,12-13H2,1-2H3. The van der Waals surface area contributed by atoms with E-state index in [1.165, 1.54) is 0 Å². The second kappa shape index (κ2) is 9.94. The van der Waals surface area contributed by atoms with Gasteiger partial charge in [0, 0.05) is 0 Å². The van der Waals surface area contributed by atoms with Gasteiger partial charge in [-0.15, -0.1) is 0 Å². The summed E-state index contributed by atoms with van der Waals surface area (Å²) in [6.45, 7) is 4.68. The van der Waals surface area contributed by atoms with E-state index >= 15 is 0 Å². The molecule has 20 heavy (non-hydrogen) atoms. The van der Waals surface area contributed by atoms with Gasteiger partial charge in [0.25, 0.3) is 0 Å². The summed E-state index contributed by atoms with van der Waals surface area (Å²) in [5.74, 6) is 0.450. The van der Waals surface area contributed by atoms with Gasteiger partial charge in [0.2, 0.25) is 0 Å². The Labute approximate surface area is 120 Å². The second-order valence-corrected chi connectivity index (χ2v) is 5.85. The van der Waals surface area contributed by atoms with E-state index in [9.17, 15) is 4.57 Å². The highest BCUT2D eigenvalue weighted by Gasteiger charge is 2.29. The third kappa shape index (κ3) is 7.06. The summed E-state index contributed by atoms with van der Waals surface area (Å²) in [6.07, 6.45) is 3.45. The molecule has 0 spiro atoms. The van der Waals surface area contributed by atoms with Crippen molar-refractivity contribution in [1.82, 2.24) is 0 Å². The predicted molar refractivity (Wildman–Crippen MR) is 77.5 cm³/mol. The molecule has 1 aromatic rings. The van der Waals surface area contributed by atoms with Crippen LogP contribution in [0.25, 0.3) is 0 Å². The normalized spacial score (nSPS) is 11.5. The van der Waals surface area contributed by atoms with Crippen LogP contribution in [0.2, 0.25) is 0 Å². The SMILES string of the molecule is CCCCOP(=O)(OCCCC)OOc1ccccc1. The average Bonchev–Trinajstić information content (AvgIpc) is 2.47. The molecule has 0 aliphatic rings. The minimum absolute atomic E-state index is 0.318. The lowest BCUT2D eigenvalue weighted by Crippen LogP contribution is -2.05. The number of phosphoric acid groups is 1. The summed E-state index contributed by atoms with van der Waals surface area (Å²) in [5.41, 5.74) is 0. The summed E-state index contributed by atoms with van der Waals surface area (Å²) in [5, 5.41) is 0. The Bertz CT molecular complexity index is 382. The maximum absolute atomic E-state index is 12.3. The molecule has 0 saturated carbocycles. The van der Waals surface area contributed by atoms with E-state index < -0.39 is 7.82 Å². The van der Waals surface area contributed by atoms with Crippen LogP contribution in [0.3, 0.4) is 0 Å². The second-order valence-electron chi connectivity index (χ2n) is 4.29. The molecule has 0 bridgehead atoms. The van der Waals surface area contributed by atoms with Gasteiger partial charge < -0.3 is 4.89 Å². The highest BCUT2D eigenvalue weighted by Crippen LogP contribution is 2.49. The van der Waals surface area contributed by atoms with E-state index in [2.05, 4.69) is 0 Å². The van der Waals surface area contributed by atoms with E-state index in [-0.39, 0.29) is 0 Å². The van der Waals surface area contributed by atoms with Crippen LogP contribution in [-0.4, -0.2) is 13.2 Å². The largest absolute Gasteiger partial charge is 0.511 e. The molecule has 5 nitrogen and oxygen atoms in total. The third-order valence-electron chi connectivity index (χ3n) is 2.46. The summed E-state index contributed by atoms with van der Waals surface area (Å²) < 4.78 is 27.7. The molecule has 0 amide bonds. The fourth-order valence-corrected chi connectivity index (χ4v) is 2.33. The van der Waals surface area contributed by atoms with Gasteiger partial charge in [-0.3, -0.25) is 9.05 Å². The molecule has 1 rings (SSSR count). The summed E-state index contributed by atoms with van der Waals surface area (Å²) >= 11 is 0. The summed E-state index contributed by atoms with van der Waals surface area (Å²) in [7, 11) is -3.67. The first kappa shape index (κ1) is 17.2. The molecule has 0 radical (unpaired) electrons. The number of phosphoric ester groups is 1. The van der Waals surface area contributed by atoms with Crippen molar-refractivity contribution < 1.29 is 23.2 Å². The van der Waals surface area contributed by atoms with Gasteiger partial charge in [0.1, 0.15) is 0 Å². The number of para-hydroxylation sites is 1. The molecule has 0 aliphatic carbocycles. The Morgan fingerprint density at radius 1 is 0.950 bits per heavy atom. The van der Waals surface area contributed by atoms with Crippen molar-refractivity contribution in [2.45, 2.75) is 39.5 Å². The van der Waals surface area contributed by atoms with E-state index in [0.717, 1.165) is 25.7 Å². The van der Waals surface area contributed by atoms with Crippen LogP contribution < -0.4 is 4.89 Å². The first-order chi connectivity index (χ1) is 9.70. The lowest BCUT2D eigenvalue weighted by molar-refractivity contribution is -0.132. The summed E-state index contributed by atoms with van der Waals surface area (Å²) in [6, 6.07) is 8.83. The van der Waals surface area contributed by atoms with Crippen LogP contribution in [0.1, 0.15) is 39.5 Å². The first-order valence-corrected chi connectivity index (χ1v) is 8.46. The maximum atomic E-state index is 12.3. The third-order valence-corrected chi connectivity index (χ3v) is 3.72. The Morgan fingerprint density at radius 2 is 1.50 bits per heavy atom. The van der Waals surface area contributed by atoms with Gasteiger partial charge in [0.15, 0.2) is 5.75 Å². The van der Waals surface area contributed by atoms with E-state index in [0.29, 0.717) is 19.0 Å². The molecular weight excluding hydrogens is 279 g/mol. The zero-order chi connectivity index (χ0) is 14.7. The van der Waals surface area contributed by atoms with Crippen LogP contribution in [0, 0.1) is 0 Å². The molecule has 0 aromatic heterocycles. The monoisotopic (exact) mass is 302 g/mol. The van der Waals surface area contributed by atoms with Gasteiger partial charge in [-0.25, -0.2) is 4.57 Å². The molecule has 0 fully saturated rings. The van der Waals surface area contributed by atoms with Gasteiger partial charge in [-0.2, -0.15) is 0 Å². The highest BCUT2D eigenvalue weighted by molar-refractivity contribution is 7.48. The molecule has 0 saturated heterocycles. The van der Waals surface area contributed by atoms with Crippen LogP contribution in [0.15, 0.2) is 30.3 Å². The van der Waals surface area contributed by atoms with E-state index in [1.54, 1.807) is 24.3 Å². The molecule has 114 valence electrons. The van der Waals surface area contributed by atoms with Crippen molar-refractivity contribution in [3.05, 3.63) is 30.3 Å². The van der Waals surface area contributed by atoms with E-state index in [4.69, 9.17) is 18.6 Å². The quantitative estimate of drug-likeness (QED) is 0.256. The van der Waals surface area contributed by atoms with Gasteiger partial charge >= 0.3 is 7.82 Å². The Balaban J connectivity index is 2.49. The molecular formula is C14H23O5P.